The van der Waals surface area contributed by atoms with Crippen LogP contribution in [0.5, 0.6) is 0 Å². The van der Waals surface area contributed by atoms with Crippen LogP contribution in [0, 0.1) is 5.92 Å². The molecule has 1 fully saturated rings. The lowest BCUT2D eigenvalue weighted by molar-refractivity contribution is -0.121. The van der Waals surface area contributed by atoms with E-state index in [9.17, 15) is 4.79 Å². The number of carbonyl (C=O) groups excluding carboxylic acids is 1. The van der Waals surface area contributed by atoms with E-state index in [0.29, 0.717) is 0 Å². The Bertz CT molecular complexity index is 471. The van der Waals surface area contributed by atoms with E-state index in [1.54, 1.807) is 0 Å². The number of amides is 1. The molecule has 0 heterocycles. The van der Waals surface area contributed by atoms with Gasteiger partial charge in [0.15, 0.2) is 0 Å². The monoisotopic (exact) mass is 290 g/mol. The Morgan fingerprint density at radius 3 is 2.55 bits per heavy atom. The van der Waals surface area contributed by atoms with Gasteiger partial charge in [0.25, 0.3) is 0 Å². The quantitative estimate of drug-likeness (QED) is 0.759. The summed E-state index contributed by atoms with van der Waals surface area (Å²) in [6.07, 6.45) is 4.61. The fourth-order valence-electron chi connectivity index (χ4n) is 2.46. The zero-order chi connectivity index (χ0) is 14.5. The van der Waals surface area contributed by atoms with Crippen molar-refractivity contribution in [3.63, 3.8) is 0 Å². The molecule has 1 saturated carbocycles. The maximum absolute atomic E-state index is 12.5. The summed E-state index contributed by atoms with van der Waals surface area (Å²) < 4.78 is 0. The Morgan fingerprint density at radius 2 is 2.05 bits per heavy atom. The first-order chi connectivity index (χ1) is 9.61. The van der Waals surface area contributed by atoms with Crippen LogP contribution in [-0.4, -0.2) is 16.9 Å². The van der Waals surface area contributed by atoms with Gasteiger partial charge in [0.2, 0.25) is 5.91 Å². The number of rotatable bonds is 7. The van der Waals surface area contributed by atoms with Gasteiger partial charge < -0.3 is 11.1 Å². The highest BCUT2D eigenvalue weighted by atomic mass is 32.1. The minimum Gasteiger partial charge on any atom is -0.392 e. The van der Waals surface area contributed by atoms with Gasteiger partial charge in [-0.1, -0.05) is 62.3 Å². The van der Waals surface area contributed by atoms with Crippen molar-refractivity contribution in [3.8, 4) is 0 Å². The highest BCUT2D eigenvalue weighted by Gasteiger charge is 2.29. The van der Waals surface area contributed by atoms with Crippen molar-refractivity contribution >= 4 is 23.1 Å². The van der Waals surface area contributed by atoms with Gasteiger partial charge in [-0.25, -0.2) is 0 Å². The Hall–Kier alpha value is -1.42. The molecule has 1 aromatic carbocycles. The number of nitrogens with two attached hydrogens (primary N) is 1. The Morgan fingerprint density at radius 1 is 1.40 bits per heavy atom. The number of hydrogen-bond acceptors (Lipinski definition) is 2. The molecule has 108 valence electrons. The van der Waals surface area contributed by atoms with Crippen LogP contribution in [0.1, 0.15) is 44.1 Å². The molecule has 2 rings (SSSR count). The molecule has 0 aliphatic heterocycles. The van der Waals surface area contributed by atoms with E-state index in [0.717, 1.165) is 24.3 Å². The lowest BCUT2D eigenvalue weighted by Crippen LogP contribution is -2.41. The third kappa shape index (κ3) is 4.04. The normalized spacial score (nSPS) is 17.2. The molecule has 0 radical (unpaired) electrons. The Balaban J connectivity index is 2.04. The molecule has 2 atom stereocenters. The SMILES string of the molecule is CCC(CC1CC1)NC(=O)C(C(N)=S)c1ccccc1. The predicted molar refractivity (Wildman–Crippen MR) is 85.5 cm³/mol. The van der Waals surface area contributed by atoms with Crippen molar-refractivity contribution in [2.45, 2.75) is 44.6 Å². The molecule has 0 spiro atoms. The molecule has 3 N–H and O–H groups in total. The summed E-state index contributed by atoms with van der Waals surface area (Å²) >= 11 is 5.08. The van der Waals surface area contributed by atoms with E-state index in [2.05, 4.69) is 12.2 Å². The minimum atomic E-state index is -0.528. The van der Waals surface area contributed by atoms with Crippen LogP contribution in [-0.2, 0) is 4.79 Å². The molecule has 0 saturated heterocycles. The first-order valence-corrected chi connectivity index (χ1v) is 7.67. The van der Waals surface area contributed by atoms with Gasteiger partial charge in [-0.3, -0.25) is 4.79 Å². The largest absolute Gasteiger partial charge is 0.392 e. The van der Waals surface area contributed by atoms with Crippen molar-refractivity contribution < 1.29 is 4.79 Å². The van der Waals surface area contributed by atoms with Crippen molar-refractivity contribution in [1.82, 2.24) is 5.32 Å². The first kappa shape index (κ1) is 15.0. The summed E-state index contributed by atoms with van der Waals surface area (Å²) in [5.74, 6) is 0.191. The van der Waals surface area contributed by atoms with Gasteiger partial charge >= 0.3 is 0 Å². The average Bonchev–Trinajstić information content (AvgIpc) is 3.23. The van der Waals surface area contributed by atoms with E-state index in [-0.39, 0.29) is 16.9 Å². The van der Waals surface area contributed by atoms with E-state index in [4.69, 9.17) is 18.0 Å². The van der Waals surface area contributed by atoms with Crippen LogP contribution in [0.3, 0.4) is 0 Å². The third-order valence-electron chi connectivity index (χ3n) is 3.83. The zero-order valence-corrected chi connectivity index (χ0v) is 12.7. The summed E-state index contributed by atoms with van der Waals surface area (Å²) in [7, 11) is 0. The smallest absolute Gasteiger partial charge is 0.234 e. The fraction of sp³-hybridized carbons (Fsp3) is 0.500. The van der Waals surface area contributed by atoms with Crippen molar-refractivity contribution in [1.29, 1.82) is 0 Å². The van der Waals surface area contributed by atoms with Crippen LogP contribution < -0.4 is 11.1 Å². The predicted octanol–water partition coefficient (Wildman–Crippen LogP) is 2.75. The van der Waals surface area contributed by atoms with E-state index >= 15 is 0 Å². The minimum absolute atomic E-state index is 0.0730. The number of thiocarbonyl (C=S) groups is 1. The van der Waals surface area contributed by atoms with Crippen LogP contribution in [0.2, 0.25) is 0 Å². The van der Waals surface area contributed by atoms with Gasteiger partial charge in [-0.2, -0.15) is 0 Å². The Kier molecular flexibility index (Phi) is 5.12. The number of hydrogen-bond donors (Lipinski definition) is 2. The molecule has 1 aromatic rings. The van der Waals surface area contributed by atoms with Crippen molar-refractivity contribution in [2.75, 3.05) is 0 Å². The second-order valence-corrected chi connectivity index (χ2v) is 6.01. The van der Waals surface area contributed by atoms with Crippen LogP contribution >= 0.6 is 12.2 Å². The van der Waals surface area contributed by atoms with Gasteiger partial charge in [0.05, 0.1) is 4.99 Å². The van der Waals surface area contributed by atoms with Crippen molar-refractivity contribution in [2.24, 2.45) is 11.7 Å². The molecular weight excluding hydrogens is 268 g/mol. The Labute approximate surface area is 125 Å². The zero-order valence-electron chi connectivity index (χ0n) is 11.8. The molecule has 1 amide bonds. The summed E-state index contributed by atoms with van der Waals surface area (Å²) in [5.41, 5.74) is 6.63. The number of carbonyl (C=O) groups is 1. The molecule has 1 aliphatic carbocycles. The molecule has 4 heteroatoms. The summed E-state index contributed by atoms with van der Waals surface area (Å²) in [6, 6.07) is 9.73. The second-order valence-electron chi connectivity index (χ2n) is 5.54. The number of nitrogens with one attached hydrogen (secondary N) is 1. The third-order valence-corrected chi connectivity index (χ3v) is 4.07. The van der Waals surface area contributed by atoms with Crippen LogP contribution in [0.4, 0.5) is 0 Å². The van der Waals surface area contributed by atoms with E-state index in [1.807, 2.05) is 30.3 Å². The topological polar surface area (TPSA) is 55.1 Å². The number of benzene rings is 1. The molecule has 20 heavy (non-hydrogen) atoms. The van der Waals surface area contributed by atoms with Gasteiger partial charge in [-0.15, -0.1) is 0 Å². The lowest BCUT2D eigenvalue weighted by Gasteiger charge is -2.21. The molecule has 2 unspecified atom stereocenters. The highest BCUT2D eigenvalue weighted by molar-refractivity contribution is 7.80. The van der Waals surface area contributed by atoms with Gasteiger partial charge in [-0.05, 0) is 24.3 Å². The molecular formula is C16H22N2OS. The van der Waals surface area contributed by atoms with E-state index in [1.165, 1.54) is 12.8 Å². The van der Waals surface area contributed by atoms with Crippen molar-refractivity contribution in [3.05, 3.63) is 35.9 Å². The van der Waals surface area contributed by atoms with Crippen LogP contribution in [0.15, 0.2) is 30.3 Å². The summed E-state index contributed by atoms with van der Waals surface area (Å²) in [5, 5.41) is 3.11. The van der Waals surface area contributed by atoms with Crippen LogP contribution in [0.25, 0.3) is 0 Å². The maximum atomic E-state index is 12.5. The van der Waals surface area contributed by atoms with E-state index < -0.39 is 5.92 Å². The molecule has 0 aromatic heterocycles. The lowest BCUT2D eigenvalue weighted by atomic mass is 9.97. The average molecular weight is 290 g/mol. The molecule has 1 aliphatic rings. The second kappa shape index (κ2) is 6.84. The summed E-state index contributed by atoms with van der Waals surface area (Å²) in [4.78, 5) is 12.7. The molecule has 0 bridgehead atoms. The maximum Gasteiger partial charge on any atom is 0.234 e. The van der Waals surface area contributed by atoms with Gasteiger partial charge in [0, 0.05) is 6.04 Å². The summed E-state index contributed by atoms with van der Waals surface area (Å²) in [6.45, 7) is 2.10. The van der Waals surface area contributed by atoms with Gasteiger partial charge in [0.1, 0.15) is 5.92 Å². The first-order valence-electron chi connectivity index (χ1n) is 7.26. The molecule has 3 nitrogen and oxygen atoms in total. The fourth-order valence-corrected chi connectivity index (χ4v) is 2.70. The highest BCUT2D eigenvalue weighted by Crippen LogP contribution is 2.34. The standard InChI is InChI=1S/C16H22N2OS/c1-2-13(10-11-8-9-11)18-16(19)14(15(17)20)12-6-4-3-5-7-12/h3-7,11,13-14H,2,8-10H2,1H3,(H2,17,20)(H,18,19).